The zero-order chi connectivity index (χ0) is 29.1. The third kappa shape index (κ3) is 10.1. The summed E-state index contributed by atoms with van der Waals surface area (Å²) in [5, 5.41) is 10.8. The minimum Gasteiger partial charge on any atom is -1.00 e. The number of halogens is 1. The summed E-state index contributed by atoms with van der Waals surface area (Å²) in [6.07, 6.45) is 0. The summed E-state index contributed by atoms with van der Waals surface area (Å²) in [5.74, 6) is -0.764. The van der Waals surface area contributed by atoms with Gasteiger partial charge in [0.1, 0.15) is 5.69 Å². The lowest BCUT2D eigenvalue weighted by Crippen LogP contribution is -3.00. The molecular weight excluding hydrogens is 544 g/mol. The lowest BCUT2D eigenvalue weighted by molar-refractivity contribution is -0.253. The Balaban J connectivity index is 0.000000280. The molecule has 212 valence electrons. The van der Waals surface area contributed by atoms with Crippen LogP contribution in [0.25, 0.3) is 0 Å². The highest BCUT2D eigenvalue weighted by Gasteiger charge is 2.10. The van der Waals surface area contributed by atoms with Crippen molar-refractivity contribution in [3.63, 3.8) is 0 Å². The molecule has 4 aromatic rings. The molecule has 9 N–H and O–H groups in total. The predicted molar refractivity (Wildman–Crippen MR) is 157 cm³/mol. The molecule has 0 aliphatic heterocycles. The Morgan fingerprint density at radius 1 is 0.561 bits per heavy atom. The van der Waals surface area contributed by atoms with Crippen molar-refractivity contribution in [2.24, 2.45) is 0 Å². The summed E-state index contributed by atoms with van der Waals surface area (Å²) < 4.78 is 0. The lowest BCUT2D eigenvalue weighted by Gasteiger charge is -2.08. The van der Waals surface area contributed by atoms with E-state index in [-0.39, 0.29) is 36.0 Å². The van der Waals surface area contributed by atoms with Gasteiger partial charge in [-0.2, -0.15) is 0 Å². The van der Waals surface area contributed by atoms with Crippen molar-refractivity contribution < 1.29 is 37.3 Å². The van der Waals surface area contributed by atoms with E-state index in [4.69, 9.17) is 5.73 Å². The van der Waals surface area contributed by atoms with Crippen LogP contribution in [0.15, 0.2) is 97.1 Å². The first-order valence-corrected chi connectivity index (χ1v) is 12.3. The van der Waals surface area contributed by atoms with Gasteiger partial charge in [0, 0.05) is 42.4 Å². The molecular formula is C30H31ClN6O4. The maximum absolute atomic E-state index is 12.1. The summed E-state index contributed by atoms with van der Waals surface area (Å²) >= 11 is 0. The van der Waals surface area contributed by atoms with Crippen LogP contribution >= 0.6 is 0 Å². The van der Waals surface area contributed by atoms with Crippen LogP contribution in [0.1, 0.15) is 34.6 Å². The molecule has 0 saturated heterocycles. The molecule has 0 aliphatic rings. The summed E-state index contributed by atoms with van der Waals surface area (Å²) in [6.45, 7) is 2.87. The predicted octanol–water partition coefficient (Wildman–Crippen LogP) is 1.25. The molecule has 0 bridgehead atoms. The highest BCUT2D eigenvalue weighted by molar-refractivity contribution is 6.06. The number of benzene rings is 4. The fraction of sp³-hybridized carbons (Fsp3) is 0.0667. The van der Waals surface area contributed by atoms with Crippen LogP contribution in [0.4, 0.5) is 34.1 Å². The Morgan fingerprint density at radius 2 is 0.951 bits per heavy atom. The zero-order valence-electron chi connectivity index (χ0n) is 22.5. The Kier molecular flexibility index (Phi) is 12.0. The van der Waals surface area contributed by atoms with Gasteiger partial charge in [-0.25, -0.2) is 0 Å². The highest BCUT2D eigenvalue weighted by Crippen LogP contribution is 2.19. The molecule has 10 nitrogen and oxygen atoms in total. The molecule has 11 heteroatoms. The van der Waals surface area contributed by atoms with Gasteiger partial charge in [0.25, 0.3) is 11.8 Å². The summed E-state index contributed by atoms with van der Waals surface area (Å²) in [7, 11) is 0. The van der Waals surface area contributed by atoms with Gasteiger partial charge >= 0.3 is 0 Å². The second-order valence-electron chi connectivity index (χ2n) is 8.67. The number of para-hydroxylation sites is 3. The second-order valence-corrected chi connectivity index (χ2v) is 8.67. The van der Waals surface area contributed by atoms with Gasteiger partial charge in [-0.3, -0.25) is 19.2 Å². The smallest absolute Gasteiger partial charge is 0.255 e. The van der Waals surface area contributed by atoms with Gasteiger partial charge in [0.05, 0.1) is 11.4 Å². The maximum atomic E-state index is 12.1. The quantitative estimate of drug-likeness (QED) is 0.190. The van der Waals surface area contributed by atoms with Crippen LogP contribution in [0.2, 0.25) is 0 Å². The number of nitrogens with one attached hydrogen (secondary N) is 4. The Morgan fingerprint density at radius 3 is 1.37 bits per heavy atom. The number of quaternary nitrogens is 1. The third-order valence-corrected chi connectivity index (χ3v) is 5.41. The molecule has 41 heavy (non-hydrogen) atoms. The van der Waals surface area contributed by atoms with Gasteiger partial charge in [-0.05, 0) is 66.7 Å². The van der Waals surface area contributed by atoms with E-state index in [1.54, 1.807) is 78.9 Å². The molecule has 0 heterocycles. The van der Waals surface area contributed by atoms with Crippen LogP contribution in [0.3, 0.4) is 0 Å². The van der Waals surface area contributed by atoms with E-state index in [1.165, 1.54) is 13.8 Å². The van der Waals surface area contributed by atoms with E-state index >= 15 is 0 Å². The highest BCUT2D eigenvalue weighted by atomic mass is 35.5. The van der Waals surface area contributed by atoms with Gasteiger partial charge < -0.3 is 45.1 Å². The van der Waals surface area contributed by atoms with Gasteiger partial charge in [0.15, 0.2) is 5.69 Å². The van der Waals surface area contributed by atoms with E-state index in [9.17, 15) is 19.2 Å². The van der Waals surface area contributed by atoms with Crippen molar-refractivity contribution in [3.05, 3.63) is 108 Å². The Hall–Kier alpha value is -5.19. The Bertz CT molecular complexity index is 1390. The summed E-state index contributed by atoms with van der Waals surface area (Å²) in [4.78, 5) is 45.9. The molecule has 0 saturated carbocycles. The van der Waals surface area contributed by atoms with E-state index < -0.39 is 0 Å². The molecule has 0 aliphatic carbocycles. The molecule has 0 radical (unpaired) electrons. The zero-order valence-corrected chi connectivity index (χ0v) is 23.3. The SMILES string of the molecule is CC(=O)Nc1ccc(C(=O)Nc2ccccc2N)cc1.CC(=O)Nc1ccc(C(=O)Nc2ccccc2[NH3+])cc1.[Cl-]. The molecule has 0 fully saturated rings. The monoisotopic (exact) mass is 574 g/mol. The van der Waals surface area contributed by atoms with Gasteiger partial charge in [0.2, 0.25) is 11.8 Å². The van der Waals surface area contributed by atoms with Crippen molar-refractivity contribution in [1.82, 2.24) is 0 Å². The van der Waals surface area contributed by atoms with Crippen LogP contribution in [0.5, 0.6) is 0 Å². The topological polar surface area (TPSA) is 170 Å². The Labute approximate surface area is 243 Å². The number of carbonyl (C=O) groups is 4. The number of amides is 4. The van der Waals surface area contributed by atoms with E-state index in [0.717, 1.165) is 5.69 Å². The number of hydrogen-bond donors (Lipinski definition) is 6. The number of nitrogens with two attached hydrogens (primary N) is 1. The normalized spacial score (nSPS) is 9.63. The lowest BCUT2D eigenvalue weighted by atomic mass is 10.2. The standard InChI is InChI=1S/2C15H15N3O2.ClH/c2*1-10(19)17-12-8-6-11(7-9-12)15(20)18-14-5-3-2-4-13(14)16;/h2*2-9H,16H2,1H3,(H,17,19)(H,18,20);1H. The molecule has 4 aromatic carbocycles. The van der Waals surface area contributed by atoms with E-state index in [1.807, 2.05) is 18.2 Å². The summed E-state index contributed by atoms with van der Waals surface area (Å²) in [6, 6.07) is 27.7. The molecule has 0 atom stereocenters. The van der Waals surface area contributed by atoms with Crippen molar-refractivity contribution in [3.8, 4) is 0 Å². The largest absolute Gasteiger partial charge is 1.00 e. The first-order valence-electron chi connectivity index (χ1n) is 12.3. The summed E-state index contributed by atoms with van der Waals surface area (Å²) in [5.41, 5.74) is 14.5. The van der Waals surface area contributed by atoms with E-state index in [2.05, 4.69) is 27.0 Å². The number of rotatable bonds is 6. The van der Waals surface area contributed by atoms with Crippen molar-refractivity contribution in [1.29, 1.82) is 0 Å². The minimum absolute atomic E-state index is 0. The van der Waals surface area contributed by atoms with Crippen LogP contribution in [-0.2, 0) is 9.59 Å². The maximum Gasteiger partial charge on any atom is 0.255 e. The first kappa shape index (κ1) is 32.0. The molecule has 0 unspecified atom stereocenters. The molecule has 0 aromatic heterocycles. The first-order chi connectivity index (χ1) is 19.1. The third-order valence-electron chi connectivity index (χ3n) is 5.41. The van der Waals surface area contributed by atoms with Crippen LogP contribution in [-0.4, -0.2) is 23.6 Å². The van der Waals surface area contributed by atoms with Gasteiger partial charge in [-0.1, -0.05) is 24.3 Å². The van der Waals surface area contributed by atoms with Crippen LogP contribution in [0, 0.1) is 0 Å². The fourth-order valence-corrected chi connectivity index (χ4v) is 3.46. The minimum atomic E-state index is -0.253. The molecule has 0 spiro atoms. The van der Waals surface area contributed by atoms with Gasteiger partial charge in [-0.15, -0.1) is 0 Å². The number of carbonyl (C=O) groups excluding carboxylic acids is 4. The van der Waals surface area contributed by atoms with Crippen LogP contribution < -0.4 is 45.1 Å². The average Bonchev–Trinajstić information content (AvgIpc) is 2.92. The average molecular weight is 575 g/mol. The number of nitrogen functional groups attached to an aromatic ring is 1. The van der Waals surface area contributed by atoms with E-state index in [0.29, 0.717) is 39.6 Å². The second kappa shape index (κ2) is 15.4. The number of hydrogen-bond acceptors (Lipinski definition) is 5. The molecule has 4 rings (SSSR count). The molecule has 4 amide bonds. The fourth-order valence-electron chi connectivity index (χ4n) is 3.46. The number of anilines is 5. The van der Waals surface area contributed by atoms with Crippen molar-refractivity contribution in [2.75, 3.05) is 27.0 Å². The van der Waals surface area contributed by atoms with Crippen molar-refractivity contribution >= 4 is 57.8 Å². The van der Waals surface area contributed by atoms with Crippen molar-refractivity contribution in [2.45, 2.75) is 13.8 Å².